The van der Waals surface area contributed by atoms with Crippen molar-refractivity contribution in [1.29, 1.82) is 0 Å². The molecule has 0 unspecified atom stereocenters. The van der Waals surface area contributed by atoms with E-state index in [0.29, 0.717) is 37.0 Å². The van der Waals surface area contributed by atoms with Crippen LogP contribution >= 0.6 is 0 Å². The van der Waals surface area contributed by atoms with Crippen LogP contribution in [0.5, 0.6) is 17.2 Å². The minimum Gasteiger partial charge on any atom is -0.496 e. The predicted molar refractivity (Wildman–Crippen MR) is 196 cm³/mol. The Kier molecular flexibility index (Phi) is 11.6. The number of nitrogens with zero attached hydrogens (tertiary/aromatic N) is 2. The van der Waals surface area contributed by atoms with Crippen molar-refractivity contribution in [3.8, 4) is 17.2 Å². The van der Waals surface area contributed by atoms with Gasteiger partial charge in [-0.25, -0.2) is 0 Å². The van der Waals surface area contributed by atoms with E-state index < -0.39 is 26.4 Å². The molecular weight excluding hydrogens is 651 g/mol. The van der Waals surface area contributed by atoms with Crippen LogP contribution in [0.15, 0.2) is 60.7 Å². The molecule has 2 amide bonds. The van der Waals surface area contributed by atoms with E-state index in [1.807, 2.05) is 72.5 Å². The van der Waals surface area contributed by atoms with Crippen LogP contribution in [0.25, 0.3) is 0 Å². The second kappa shape index (κ2) is 15.5. The van der Waals surface area contributed by atoms with E-state index >= 15 is 0 Å². The zero-order chi connectivity index (χ0) is 36.2. The van der Waals surface area contributed by atoms with Crippen molar-refractivity contribution < 1.29 is 33.0 Å². The third-order valence-corrected chi connectivity index (χ3v) is 14.9. The maximum atomic E-state index is 14.3. The third-order valence-electron chi connectivity index (χ3n) is 10.3. The number of rotatable bonds is 15. The normalized spacial score (nSPS) is 18.7. The highest BCUT2D eigenvalue weighted by atomic mass is 28.4. The van der Waals surface area contributed by atoms with Crippen molar-refractivity contribution in [1.82, 2.24) is 15.1 Å². The molecule has 10 nitrogen and oxygen atoms in total. The lowest BCUT2D eigenvalue weighted by molar-refractivity contribution is -0.174. The zero-order valence-electron chi connectivity index (χ0n) is 31.0. The molecule has 0 bridgehead atoms. The molecule has 270 valence electrons. The van der Waals surface area contributed by atoms with Gasteiger partial charge in [0.2, 0.25) is 11.8 Å². The van der Waals surface area contributed by atoms with E-state index in [9.17, 15) is 9.59 Å². The maximum Gasteiger partial charge on any atom is 0.248 e. The zero-order valence-corrected chi connectivity index (χ0v) is 32.0. The summed E-state index contributed by atoms with van der Waals surface area (Å²) in [6, 6.07) is 17.9. The van der Waals surface area contributed by atoms with Crippen LogP contribution in [0.2, 0.25) is 18.1 Å². The summed E-state index contributed by atoms with van der Waals surface area (Å²) in [5.41, 5.74) is 4.27. The summed E-state index contributed by atoms with van der Waals surface area (Å²) >= 11 is 0. The molecule has 0 aromatic heterocycles. The van der Waals surface area contributed by atoms with Gasteiger partial charge in [-0.15, -0.1) is 0 Å². The molecule has 2 aliphatic heterocycles. The van der Waals surface area contributed by atoms with Crippen molar-refractivity contribution >= 4 is 20.1 Å². The van der Waals surface area contributed by atoms with Crippen LogP contribution in [0.3, 0.4) is 0 Å². The van der Waals surface area contributed by atoms with Gasteiger partial charge in [0.15, 0.2) is 19.8 Å². The molecule has 3 atom stereocenters. The van der Waals surface area contributed by atoms with Crippen molar-refractivity contribution in [2.75, 3.05) is 47.6 Å². The summed E-state index contributed by atoms with van der Waals surface area (Å²) in [6.07, 6.45) is 0. The molecule has 50 heavy (non-hydrogen) atoms. The SMILES string of the molecule is CNCC(=O)N1[C@@H]2C(=O)N(CCO[Si](C)(C)C(C)(C)C)[C@@H]2c2c(OC)c(C)c(OC)c(OCc3ccccc3)c2[C@@H]1COCc1ccccc1. The second-order valence-electron chi connectivity index (χ2n) is 14.5. The number of likely N-dealkylation sites (tertiary alicyclic amines) is 1. The Bertz CT molecular complexity index is 1650. The summed E-state index contributed by atoms with van der Waals surface area (Å²) in [5, 5.41) is 3.03. The standard InChI is InChI=1S/C39H53N3O7Si/c1-26-35(45-6)32-31(37(36(26)46-7)48-24-28-18-14-11-15-19-28)29(25-47-23-27-16-12-10-13-17-27)42(30(43)22-40-5)34-33(32)41(38(34)44)20-21-49-50(8,9)39(2,3)4/h10-19,29,33-34,40H,20-25H2,1-9H3/t29-,33+,34-/m0/s1. The molecule has 1 fully saturated rings. The summed E-state index contributed by atoms with van der Waals surface area (Å²) in [6.45, 7) is 14.5. The second-order valence-corrected chi connectivity index (χ2v) is 19.3. The van der Waals surface area contributed by atoms with E-state index in [2.05, 4.69) is 39.2 Å². The lowest BCUT2D eigenvalue weighted by Crippen LogP contribution is -2.70. The third kappa shape index (κ3) is 7.28. The summed E-state index contributed by atoms with van der Waals surface area (Å²) < 4.78 is 31.8. The first-order valence-electron chi connectivity index (χ1n) is 17.3. The highest BCUT2D eigenvalue weighted by Crippen LogP contribution is 2.58. The quantitative estimate of drug-likeness (QED) is 0.148. The van der Waals surface area contributed by atoms with Crippen LogP contribution < -0.4 is 19.5 Å². The van der Waals surface area contributed by atoms with E-state index in [1.54, 1.807) is 26.2 Å². The molecule has 0 aliphatic carbocycles. The Balaban J connectivity index is 1.65. The predicted octanol–water partition coefficient (Wildman–Crippen LogP) is 6.18. The van der Waals surface area contributed by atoms with Crippen LogP contribution in [0, 0.1) is 6.92 Å². The average molecular weight is 704 g/mol. The maximum absolute atomic E-state index is 14.3. The van der Waals surface area contributed by atoms with Crippen molar-refractivity contribution in [2.45, 2.75) is 77.2 Å². The first-order chi connectivity index (χ1) is 23.9. The molecule has 1 saturated heterocycles. The van der Waals surface area contributed by atoms with Gasteiger partial charge in [-0.1, -0.05) is 81.4 Å². The molecule has 0 spiro atoms. The Hall–Kier alpha value is -3.90. The van der Waals surface area contributed by atoms with E-state index in [4.69, 9.17) is 23.4 Å². The van der Waals surface area contributed by atoms with Crippen LogP contribution in [-0.4, -0.2) is 83.5 Å². The highest BCUT2D eigenvalue weighted by molar-refractivity contribution is 6.74. The molecule has 3 aromatic carbocycles. The van der Waals surface area contributed by atoms with E-state index in [0.717, 1.165) is 27.8 Å². The van der Waals surface area contributed by atoms with Gasteiger partial charge in [0.1, 0.15) is 18.4 Å². The Morgan fingerprint density at radius 1 is 0.860 bits per heavy atom. The first-order valence-corrected chi connectivity index (χ1v) is 20.2. The van der Waals surface area contributed by atoms with Crippen LogP contribution in [0.1, 0.15) is 60.7 Å². The van der Waals surface area contributed by atoms with Gasteiger partial charge in [0.05, 0.1) is 52.7 Å². The largest absolute Gasteiger partial charge is 0.496 e. The number of likely N-dealkylation sites (N-methyl/N-ethyl adjacent to an activating group) is 1. The number of hydrogen-bond acceptors (Lipinski definition) is 8. The number of methoxy groups -OCH3 is 2. The molecular formula is C39H53N3O7Si. The topological polar surface area (TPSA) is 98.8 Å². The fourth-order valence-electron chi connectivity index (χ4n) is 6.76. The number of hydrogen-bond donors (Lipinski definition) is 1. The minimum absolute atomic E-state index is 0.0250. The Morgan fingerprint density at radius 2 is 1.46 bits per heavy atom. The number of β-lactam (4-membered cyclic amide) rings is 1. The number of carbonyl (C=O) groups excluding carboxylic acids is 2. The summed E-state index contributed by atoms with van der Waals surface area (Å²) in [7, 11) is 2.89. The number of nitrogens with one attached hydrogen (secondary N) is 1. The Labute approximate surface area is 298 Å². The average Bonchev–Trinajstić information content (AvgIpc) is 3.09. The van der Waals surface area contributed by atoms with Gasteiger partial charge < -0.3 is 38.5 Å². The smallest absolute Gasteiger partial charge is 0.248 e. The van der Waals surface area contributed by atoms with Crippen molar-refractivity contribution in [3.63, 3.8) is 0 Å². The van der Waals surface area contributed by atoms with E-state index in [1.165, 1.54) is 0 Å². The fourth-order valence-corrected chi connectivity index (χ4v) is 7.79. The first kappa shape index (κ1) is 37.4. The number of fused-ring (bicyclic) bond motifs is 3. The van der Waals surface area contributed by atoms with E-state index in [-0.39, 0.29) is 36.6 Å². The van der Waals surface area contributed by atoms with Gasteiger partial charge in [-0.3, -0.25) is 9.59 Å². The molecule has 0 saturated carbocycles. The molecule has 5 rings (SSSR count). The van der Waals surface area contributed by atoms with Gasteiger partial charge >= 0.3 is 0 Å². The lowest BCUT2D eigenvalue weighted by atomic mass is 9.75. The van der Waals surface area contributed by atoms with Crippen LogP contribution in [0.4, 0.5) is 0 Å². The number of amides is 2. The number of ether oxygens (including phenoxy) is 4. The lowest BCUT2D eigenvalue weighted by Gasteiger charge is -2.57. The number of benzene rings is 3. The summed E-state index contributed by atoms with van der Waals surface area (Å²) in [5.74, 6) is 1.30. The highest BCUT2D eigenvalue weighted by Gasteiger charge is 2.60. The number of carbonyl (C=O) groups is 2. The van der Waals surface area contributed by atoms with Gasteiger partial charge in [0.25, 0.3) is 0 Å². The minimum atomic E-state index is -2.07. The van der Waals surface area contributed by atoms with Crippen molar-refractivity contribution in [2.24, 2.45) is 0 Å². The van der Waals surface area contributed by atoms with Gasteiger partial charge in [0, 0.05) is 23.2 Å². The van der Waals surface area contributed by atoms with Crippen LogP contribution in [-0.2, 0) is 32.0 Å². The fraction of sp³-hybridized carbons (Fsp3) is 0.487. The summed E-state index contributed by atoms with van der Waals surface area (Å²) in [4.78, 5) is 31.9. The molecule has 11 heteroatoms. The monoisotopic (exact) mass is 703 g/mol. The molecule has 2 heterocycles. The molecule has 0 radical (unpaired) electrons. The van der Waals surface area contributed by atoms with Gasteiger partial charge in [-0.2, -0.15) is 0 Å². The van der Waals surface area contributed by atoms with Gasteiger partial charge in [-0.05, 0) is 43.2 Å². The molecule has 3 aromatic rings. The Morgan fingerprint density at radius 3 is 2.02 bits per heavy atom. The van der Waals surface area contributed by atoms with Crippen molar-refractivity contribution in [3.05, 3.63) is 88.5 Å². The molecule has 2 aliphatic rings. The molecule has 1 N–H and O–H groups in total.